The van der Waals surface area contributed by atoms with Crippen LogP contribution in [0.5, 0.6) is 17.2 Å². The minimum Gasteiger partial charge on any atom is -0.497 e. The van der Waals surface area contributed by atoms with Crippen LogP contribution in [-0.2, 0) is 12.2 Å². The molecule has 23 heavy (non-hydrogen) atoms. The largest absolute Gasteiger partial charge is 0.497 e. The van der Waals surface area contributed by atoms with E-state index in [9.17, 15) is 0 Å². The average molecular weight is 333 g/mol. The molecule has 0 saturated carbocycles. The van der Waals surface area contributed by atoms with Crippen LogP contribution in [0.4, 0.5) is 0 Å². The highest BCUT2D eigenvalue weighted by atomic mass is 32.2. The maximum atomic E-state index is 5.66. The summed E-state index contributed by atoms with van der Waals surface area (Å²) in [5, 5.41) is 0. The molecule has 0 bridgehead atoms. The van der Waals surface area contributed by atoms with Crippen molar-refractivity contribution in [2.75, 3.05) is 27.9 Å². The predicted molar refractivity (Wildman–Crippen MR) is 94.9 cm³/mol. The molecule has 0 aromatic heterocycles. The summed E-state index contributed by atoms with van der Waals surface area (Å²) in [5.41, 5.74) is 7.93. The summed E-state index contributed by atoms with van der Waals surface area (Å²) >= 11 is 1.71. The van der Waals surface area contributed by atoms with E-state index in [2.05, 4.69) is 6.07 Å². The Balaban J connectivity index is 2.20. The molecule has 0 spiro atoms. The van der Waals surface area contributed by atoms with E-state index in [4.69, 9.17) is 19.9 Å². The van der Waals surface area contributed by atoms with E-state index in [1.54, 1.807) is 33.1 Å². The van der Waals surface area contributed by atoms with Gasteiger partial charge in [0, 0.05) is 5.75 Å². The van der Waals surface area contributed by atoms with Gasteiger partial charge in [-0.3, -0.25) is 0 Å². The summed E-state index contributed by atoms with van der Waals surface area (Å²) in [6.45, 7) is 0.579. The molecule has 0 saturated heterocycles. The molecule has 5 heteroatoms. The lowest BCUT2D eigenvalue weighted by Crippen LogP contribution is -2.05. The van der Waals surface area contributed by atoms with Crippen molar-refractivity contribution in [2.45, 2.75) is 17.1 Å². The van der Waals surface area contributed by atoms with Gasteiger partial charge >= 0.3 is 0 Å². The number of ether oxygens (including phenoxy) is 3. The fourth-order valence-electron chi connectivity index (χ4n) is 2.32. The molecular weight excluding hydrogens is 310 g/mol. The van der Waals surface area contributed by atoms with E-state index in [0.717, 1.165) is 39.9 Å². The number of hydrogen-bond donors (Lipinski definition) is 1. The molecule has 2 N–H and O–H groups in total. The minimum atomic E-state index is 0.579. The zero-order chi connectivity index (χ0) is 16.7. The van der Waals surface area contributed by atoms with Crippen LogP contribution in [0.15, 0.2) is 41.3 Å². The predicted octanol–water partition coefficient (Wildman–Crippen LogP) is 3.51. The fourth-order valence-corrected chi connectivity index (χ4v) is 3.30. The Kier molecular flexibility index (Phi) is 6.62. The summed E-state index contributed by atoms with van der Waals surface area (Å²) in [7, 11) is 5.04. The molecule has 2 aromatic carbocycles. The molecule has 0 aliphatic heterocycles. The van der Waals surface area contributed by atoms with Crippen LogP contribution in [0.1, 0.15) is 11.1 Å². The lowest BCUT2D eigenvalue weighted by Gasteiger charge is -2.14. The van der Waals surface area contributed by atoms with Crippen molar-refractivity contribution in [3.8, 4) is 17.2 Å². The number of thioether (sulfide) groups is 1. The molecule has 0 heterocycles. The van der Waals surface area contributed by atoms with Crippen LogP contribution < -0.4 is 19.9 Å². The molecule has 124 valence electrons. The van der Waals surface area contributed by atoms with Gasteiger partial charge in [-0.05, 0) is 48.4 Å². The summed E-state index contributed by atoms with van der Waals surface area (Å²) in [4.78, 5) is 1.05. The highest BCUT2D eigenvalue weighted by Gasteiger charge is 2.12. The molecule has 0 aliphatic carbocycles. The number of hydrogen-bond acceptors (Lipinski definition) is 5. The monoisotopic (exact) mass is 333 g/mol. The van der Waals surface area contributed by atoms with Crippen molar-refractivity contribution in [1.82, 2.24) is 0 Å². The van der Waals surface area contributed by atoms with Gasteiger partial charge in [0.2, 0.25) is 0 Å². The van der Waals surface area contributed by atoms with Crippen molar-refractivity contribution in [3.05, 3.63) is 47.5 Å². The quantitative estimate of drug-likeness (QED) is 0.749. The van der Waals surface area contributed by atoms with Gasteiger partial charge in [0.15, 0.2) is 0 Å². The first kappa shape index (κ1) is 17.5. The molecule has 4 nitrogen and oxygen atoms in total. The molecule has 0 fully saturated rings. The van der Waals surface area contributed by atoms with E-state index in [1.807, 2.05) is 30.3 Å². The van der Waals surface area contributed by atoms with E-state index >= 15 is 0 Å². The van der Waals surface area contributed by atoms with Gasteiger partial charge in [0.25, 0.3) is 0 Å². The normalized spacial score (nSPS) is 10.4. The van der Waals surface area contributed by atoms with Crippen molar-refractivity contribution in [1.29, 1.82) is 0 Å². The molecule has 0 unspecified atom stereocenters. The Morgan fingerprint density at radius 3 is 2.39 bits per heavy atom. The topological polar surface area (TPSA) is 53.7 Å². The summed E-state index contributed by atoms with van der Waals surface area (Å²) < 4.78 is 16.3. The van der Waals surface area contributed by atoms with Crippen molar-refractivity contribution >= 4 is 11.8 Å². The highest BCUT2D eigenvalue weighted by molar-refractivity contribution is 7.98. The van der Waals surface area contributed by atoms with Crippen molar-refractivity contribution in [2.24, 2.45) is 5.73 Å². The van der Waals surface area contributed by atoms with Crippen LogP contribution in [0, 0.1) is 0 Å². The van der Waals surface area contributed by atoms with Crippen LogP contribution in [0.2, 0.25) is 0 Å². The average Bonchev–Trinajstić information content (AvgIpc) is 2.60. The second kappa shape index (κ2) is 8.70. The third-order valence-corrected chi connectivity index (χ3v) is 4.62. The van der Waals surface area contributed by atoms with Gasteiger partial charge in [-0.25, -0.2) is 0 Å². The van der Waals surface area contributed by atoms with Gasteiger partial charge < -0.3 is 19.9 Å². The first-order valence-corrected chi connectivity index (χ1v) is 8.41. The van der Waals surface area contributed by atoms with Gasteiger partial charge in [0.05, 0.1) is 26.2 Å². The Labute approximate surface area is 141 Å². The van der Waals surface area contributed by atoms with Gasteiger partial charge in [-0.15, -0.1) is 11.8 Å². The molecule has 0 radical (unpaired) electrons. The molecule has 0 aliphatic rings. The number of rotatable bonds is 8. The molecule has 0 amide bonds. The fraction of sp³-hybridized carbons (Fsp3) is 0.333. The van der Waals surface area contributed by atoms with Crippen LogP contribution in [0.25, 0.3) is 0 Å². The lowest BCUT2D eigenvalue weighted by atomic mass is 10.1. The first-order chi connectivity index (χ1) is 11.2. The van der Waals surface area contributed by atoms with Crippen LogP contribution in [0.3, 0.4) is 0 Å². The molecule has 2 rings (SSSR count). The summed E-state index contributed by atoms with van der Waals surface area (Å²) in [6.07, 6.45) is 0.764. The zero-order valence-corrected chi connectivity index (χ0v) is 14.6. The highest BCUT2D eigenvalue weighted by Crippen LogP contribution is 2.37. The molecular formula is C18H23NO3S. The molecule has 2 aromatic rings. The Morgan fingerprint density at radius 2 is 1.74 bits per heavy atom. The Morgan fingerprint density at radius 1 is 0.957 bits per heavy atom. The van der Waals surface area contributed by atoms with E-state index in [1.165, 1.54) is 5.56 Å². The zero-order valence-electron chi connectivity index (χ0n) is 13.8. The van der Waals surface area contributed by atoms with E-state index in [-0.39, 0.29) is 0 Å². The van der Waals surface area contributed by atoms with Crippen LogP contribution in [-0.4, -0.2) is 27.9 Å². The SMILES string of the molecule is COc1cccc(CSc2cc(OC)c(CCN)cc2OC)c1. The number of methoxy groups -OCH3 is 3. The number of benzene rings is 2. The maximum Gasteiger partial charge on any atom is 0.132 e. The van der Waals surface area contributed by atoms with Crippen LogP contribution >= 0.6 is 11.8 Å². The first-order valence-electron chi connectivity index (χ1n) is 7.42. The summed E-state index contributed by atoms with van der Waals surface area (Å²) in [5.74, 6) is 3.39. The second-order valence-electron chi connectivity index (χ2n) is 4.99. The van der Waals surface area contributed by atoms with Gasteiger partial charge in [-0.1, -0.05) is 12.1 Å². The van der Waals surface area contributed by atoms with Crippen molar-refractivity contribution in [3.63, 3.8) is 0 Å². The third-order valence-electron chi connectivity index (χ3n) is 3.51. The smallest absolute Gasteiger partial charge is 0.132 e. The van der Waals surface area contributed by atoms with E-state index in [0.29, 0.717) is 6.54 Å². The third kappa shape index (κ3) is 4.56. The number of nitrogens with two attached hydrogens (primary N) is 1. The van der Waals surface area contributed by atoms with Gasteiger partial charge in [-0.2, -0.15) is 0 Å². The summed E-state index contributed by atoms with van der Waals surface area (Å²) in [6, 6.07) is 12.1. The van der Waals surface area contributed by atoms with Gasteiger partial charge in [0.1, 0.15) is 17.2 Å². The molecule has 0 atom stereocenters. The second-order valence-corrected chi connectivity index (χ2v) is 6.01. The standard InChI is InChI=1S/C18H23NO3S/c1-20-15-6-4-5-13(9-15)12-23-18-11-16(21-2)14(7-8-19)10-17(18)22-3/h4-6,9-11H,7-8,12,19H2,1-3H3. The van der Waals surface area contributed by atoms with E-state index < -0.39 is 0 Å². The van der Waals surface area contributed by atoms with Crippen molar-refractivity contribution < 1.29 is 14.2 Å². The Bertz CT molecular complexity index is 646. The minimum absolute atomic E-state index is 0.579. The Hall–Kier alpha value is -1.85. The lowest BCUT2D eigenvalue weighted by molar-refractivity contribution is 0.390. The maximum absolute atomic E-state index is 5.66.